The summed E-state index contributed by atoms with van der Waals surface area (Å²) in [5, 5.41) is 2.34. The van der Waals surface area contributed by atoms with Gasteiger partial charge in [-0.25, -0.2) is 14.8 Å². The van der Waals surface area contributed by atoms with E-state index >= 15 is 0 Å². The van der Waals surface area contributed by atoms with Crippen molar-refractivity contribution in [2.45, 2.75) is 6.54 Å². The van der Waals surface area contributed by atoms with E-state index in [-0.39, 0.29) is 5.69 Å². The summed E-state index contributed by atoms with van der Waals surface area (Å²) in [6.45, 7) is 0.417. The Bertz CT molecular complexity index is 490. The molecular formula is C8H8N4OS. The molecule has 2 rings (SSSR count). The van der Waals surface area contributed by atoms with Gasteiger partial charge >= 0.3 is 5.69 Å². The van der Waals surface area contributed by atoms with Gasteiger partial charge in [0.1, 0.15) is 0 Å². The molecule has 5 nitrogen and oxygen atoms in total. The first kappa shape index (κ1) is 8.89. The summed E-state index contributed by atoms with van der Waals surface area (Å²) in [4.78, 5) is 18.9. The first-order valence-corrected chi connectivity index (χ1v) is 4.85. The molecule has 0 saturated heterocycles. The molecule has 0 aliphatic rings. The number of anilines is 1. The Morgan fingerprint density at radius 3 is 3.07 bits per heavy atom. The van der Waals surface area contributed by atoms with Gasteiger partial charge in [-0.05, 0) is 6.07 Å². The molecule has 0 saturated carbocycles. The van der Waals surface area contributed by atoms with Crippen molar-refractivity contribution in [3.8, 4) is 0 Å². The SMILES string of the molecule is Nc1nc(Cn2cccnc2=O)cs1. The first-order valence-electron chi connectivity index (χ1n) is 3.97. The van der Waals surface area contributed by atoms with Gasteiger partial charge in [0, 0.05) is 17.8 Å². The second kappa shape index (κ2) is 3.59. The third-order valence-electron chi connectivity index (χ3n) is 1.68. The van der Waals surface area contributed by atoms with Crippen molar-refractivity contribution in [3.05, 3.63) is 40.0 Å². The standard InChI is InChI=1S/C8H8N4OS/c9-7-11-6(5-14-7)4-12-3-1-2-10-8(12)13/h1-3,5H,4H2,(H2,9,11). The Kier molecular flexibility index (Phi) is 2.28. The van der Waals surface area contributed by atoms with E-state index in [9.17, 15) is 4.79 Å². The van der Waals surface area contributed by atoms with Gasteiger partial charge in [-0.15, -0.1) is 11.3 Å². The van der Waals surface area contributed by atoms with E-state index in [0.29, 0.717) is 11.7 Å². The third kappa shape index (κ3) is 1.80. The highest BCUT2D eigenvalue weighted by atomic mass is 32.1. The Balaban J connectivity index is 2.27. The summed E-state index contributed by atoms with van der Waals surface area (Å²) >= 11 is 1.36. The molecule has 0 aliphatic carbocycles. The van der Waals surface area contributed by atoms with Gasteiger partial charge < -0.3 is 5.73 Å². The Hall–Kier alpha value is -1.69. The summed E-state index contributed by atoms with van der Waals surface area (Å²) in [7, 11) is 0. The number of nitrogens with zero attached hydrogens (tertiary/aromatic N) is 3. The lowest BCUT2D eigenvalue weighted by molar-refractivity contribution is 0.715. The lowest BCUT2D eigenvalue weighted by Crippen LogP contribution is -2.21. The number of hydrogen-bond donors (Lipinski definition) is 1. The van der Waals surface area contributed by atoms with Crippen LogP contribution >= 0.6 is 11.3 Å². The maximum Gasteiger partial charge on any atom is 0.347 e. The summed E-state index contributed by atoms with van der Waals surface area (Å²) in [5.74, 6) is 0. The minimum atomic E-state index is -0.279. The summed E-state index contributed by atoms with van der Waals surface area (Å²) in [6.07, 6.45) is 3.14. The van der Waals surface area contributed by atoms with Crippen molar-refractivity contribution in [2.24, 2.45) is 0 Å². The van der Waals surface area contributed by atoms with Crippen LogP contribution in [0.3, 0.4) is 0 Å². The fraction of sp³-hybridized carbons (Fsp3) is 0.125. The largest absolute Gasteiger partial charge is 0.375 e. The number of rotatable bonds is 2. The van der Waals surface area contributed by atoms with Gasteiger partial charge in [0.05, 0.1) is 12.2 Å². The van der Waals surface area contributed by atoms with Crippen LogP contribution in [0.4, 0.5) is 5.13 Å². The van der Waals surface area contributed by atoms with Crippen LogP contribution in [0.1, 0.15) is 5.69 Å². The normalized spacial score (nSPS) is 10.3. The van der Waals surface area contributed by atoms with Crippen molar-refractivity contribution >= 4 is 16.5 Å². The van der Waals surface area contributed by atoms with Crippen molar-refractivity contribution in [1.29, 1.82) is 0 Å². The zero-order valence-corrected chi connectivity index (χ0v) is 8.07. The van der Waals surface area contributed by atoms with Crippen molar-refractivity contribution < 1.29 is 0 Å². The highest BCUT2D eigenvalue weighted by Crippen LogP contribution is 2.11. The average molecular weight is 208 g/mol. The van der Waals surface area contributed by atoms with Crippen LogP contribution in [-0.2, 0) is 6.54 Å². The number of aromatic nitrogens is 3. The molecule has 2 aromatic rings. The zero-order valence-electron chi connectivity index (χ0n) is 7.25. The second-order valence-corrected chi connectivity index (χ2v) is 3.60. The predicted octanol–water partition coefficient (Wildman–Crippen LogP) is 0.330. The predicted molar refractivity (Wildman–Crippen MR) is 54.1 cm³/mol. The van der Waals surface area contributed by atoms with Crippen LogP contribution in [0.5, 0.6) is 0 Å². The number of hydrogen-bond acceptors (Lipinski definition) is 5. The average Bonchev–Trinajstić information content (AvgIpc) is 2.56. The molecule has 14 heavy (non-hydrogen) atoms. The van der Waals surface area contributed by atoms with Gasteiger partial charge in [-0.3, -0.25) is 4.57 Å². The highest BCUT2D eigenvalue weighted by molar-refractivity contribution is 7.13. The van der Waals surface area contributed by atoms with E-state index < -0.39 is 0 Å². The van der Waals surface area contributed by atoms with Crippen molar-refractivity contribution in [1.82, 2.24) is 14.5 Å². The fourth-order valence-electron chi connectivity index (χ4n) is 1.08. The zero-order chi connectivity index (χ0) is 9.97. The molecule has 0 bridgehead atoms. The van der Waals surface area contributed by atoms with Crippen LogP contribution in [0.15, 0.2) is 28.6 Å². The minimum absolute atomic E-state index is 0.279. The molecule has 6 heteroatoms. The molecule has 72 valence electrons. The summed E-state index contributed by atoms with van der Waals surface area (Å²) in [5.41, 5.74) is 5.98. The fourth-order valence-corrected chi connectivity index (χ4v) is 1.63. The maximum absolute atomic E-state index is 11.2. The van der Waals surface area contributed by atoms with Gasteiger partial charge in [-0.2, -0.15) is 0 Å². The van der Waals surface area contributed by atoms with E-state index in [0.717, 1.165) is 5.69 Å². The highest BCUT2D eigenvalue weighted by Gasteiger charge is 2.01. The number of thiazole rings is 1. The molecule has 0 fully saturated rings. The van der Waals surface area contributed by atoms with Crippen LogP contribution < -0.4 is 11.4 Å². The van der Waals surface area contributed by atoms with Gasteiger partial charge in [0.2, 0.25) is 0 Å². The Labute approximate surface area is 83.9 Å². The van der Waals surface area contributed by atoms with E-state index in [1.54, 1.807) is 12.3 Å². The molecular weight excluding hydrogens is 200 g/mol. The van der Waals surface area contributed by atoms with Crippen LogP contribution in [0, 0.1) is 0 Å². The minimum Gasteiger partial charge on any atom is -0.375 e. The van der Waals surface area contributed by atoms with Gasteiger partial charge in [0.25, 0.3) is 0 Å². The molecule has 2 aromatic heterocycles. The van der Waals surface area contributed by atoms with E-state index in [2.05, 4.69) is 9.97 Å². The topological polar surface area (TPSA) is 73.8 Å². The molecule has 0 aromatic carbocycles. The van der Waals surface area contributed by atoms with E-state index in [1.165, 1.54) is 22.1 Å². The Morgan fingerprint density at radius 1 is 1.57 bits per heavy atom. The number of nitrogen functional groups attached to an aromatic ring is 1. The van der Waals surface area contributed by atoms with Crippen LogP contribution in [-0.4, -0.2) is 14.5 Å². The van der Waals surface area contributed by atoms with E-state index in [1.807, 2.05) is 5.38 Å². The lowest BCUT2D eigenvalue weighted by Gasteiger charge is -1.99. The Morgan fingerprint density at radius 2 is 2.43 bits per heavy atom. The summed E-state index contributed by atoms with van der Waals surface area (Å²) < 4.78 is 1.48. The first-order chi connectivity index (χ1) is 6.75. The van der Waals surface area contributed by atoms with Crippen LogP contribution in [0.2, 0.25) is 0 Å². The maximum atomic E-state index is 11.2. The quantitative estimate of drug-likeness (QED) is 0.771. The van der Waals surface area contributed by atoms with Gasteiger partial charge in [-0.1, -0.05) is 0 Å². The molecule has 0 atom stereocenters. The van der Waals surface area contributed by atoms with Crippen LogP contribution in [0.25, 0.3) is 0 Å². The smallest absolute Gasteiger partial charge is 0.347 e. The molecule has 0 aliphatic heterocycles. The van der Waals surface area contributed by atoms with Gasteiger partial charge in [0.15, 0.2) is 5.13 Å². The molecule has 0 amide bonds. The van der Waals surface area contributed by atoms with Crippen molar-refractivity contribution in [2.75, 3.05) is 5.73 Å². The number of nitrogens with two attached hydrogens (primary N) is 1. The monoisotopic (exact) mass is 208 g/mol. The molecule has 0 radical (unpaired) electrons. The summed E-state index contributed by atoms with van der Waals surface area (Å²) in [6, 6.07) is 1.71. The molecule has 0 unspecified atom stereocenters. The molecule has 2 N–H and O–H groups in total. The molecule has 2 heterocycles. The van der Waals surface area contributed by atoms with Crippen molar-refractivity contribution in [3.63, 3.8) is 0 Å². The lowest BCUT2D eigenvalue weighted by atomic mass is 10.5. The molecule has 0 spiro atoms. The second-order valence-electron chi connectivity index (χ2n) is 2.71. The third-order valence-corrected chi connectivity index (χ3v) is 2.41. The van der Waals surface area contributed by atoms with E-state index in [4.69, 9.17) is 5.73 Å².